The van der Waals surface area contributed by atoms with E-state index in [1.54, 1.807) is 4.68 Å². The second-order valence-corrected chi connectivity index (χ2v) is 2.98. The van der Waals surface area contributed by atoms with Crippen molar-refractivity contribution in [2.45, 2.75) is 27.0 Å². The summed E-state index contributed by atoms with van der Waals surface area (Å²) in [6, 6.07) is 0. The van der Waals surface area contributed by atoms with E-state index < -0.39 is 5.97 Å². The van der Waals surface area contributed by atoms with Crippen LogP contribution in [0.25, 0.3) is 0 Å². The fraction of sp³-hybridized carbons (Fsp3) is 0.556. The summed E-state index contributed by atoms with van der Waals surface area (Å²) in [5.74, 6) is -0.953. The van der Waals surface area contributed by atoms with Gasteiger partial charge in [0.05, 0.1) is 12.3 Å². The summed E-state index contributed by atoms with van der Waals surface area (Å²) in [5, 5.41) is 12.6. The summed E-state index contributed by atoms with van der Waals surface area (Å²) >= 11 is 0. The van der Waals surface area contributed by atoms with Gasteiger partial charge in [0.2, 0.25) is 0 Å². The van der Waals surface area contributed by atoms with Crippen molar-refractivity contribution >= 4 is 5.97 Å². The highest BCUT2D eigenvalue weighted by Gasteiger charge is 2.04. The summed E-state index contributed by atoms with van der Waals surface area (Å²) < 4.78 is 6.77. The van der Waals surface area contributed by atoms with Crippen molar-refractivity contribution < 1.29 is 14.6 Å². The van der Waals surface area contributed by atoms with Gasteiger partial charge in [0, 0.05) is 18.3 Å². The molecular formula is C9H14N2O3. The largest absolute Gasteiger partial charge is 0.480 e. The van der Waals surface area contributed by atoms with Crippen LogP contribution in [0, 0.1) is 6.92 Å². The third kappa shape index (κ3) is 2.85. The Hall–Kier alpha value is -1.36. The van der Waals surface area contributed by atoms with E-state index in [1.807, 2.05) is 20.0 Å². The highest BCUT2D eigenvalue weighted by atomic mass is 16.5. The second kappa shape index (κ2) is 4.76. The normalized spacial score (nSPS) is 10.4. The number of aryl methyl sites for hydroxylation is 2. The Kier molecular flexibility index (Phi) is 3.64. The molecule has 0 aliphatic heterocycles. The summed E-state index contributed by atoms with van der Waals surface area (Å²) in [5.41, 5.74) is 1.82. The third-order valence-electron chi connectivity index (χ3n) is 1.86. The van der Waals surface area contributed by atoms with E-state index in [4.69, 9.17) is 9.84 Å². The predicted octanol–water partition coefficient (Wildman–Crippen LogP) is 0.813. The van der Waals surface area contributed by atoms with E-state index in [-0.39, 0.29) is 6.61 Å². The molecular weight excluding hydrogens is 184 g/mol. The van der Waals surface area contributed by atoms with Gasteiger partial charge in [-0.1, -0.05) is 0 Å². The van der Waals surface area contributed by atoms with Crippen molar-refractivity contribution in [2.75, 3.05) is 6.61 Å². The van der Waals surface area contributed by atoms with E-state index in [2.05, 4.69) is 5.10 Å². The molecule has 0 bridgehead atoms. The Labute approximate surface area is 82.3 Å². The molecule has 0 radical (unpaired) electrons. The van der Waals surface area contributed by atoms with Crippen molar-refractivity contribution in [3.63, 3.8) is 0 Å². The summed E-state index contributed by atoms with van der Waals surface area (Å²) in [7, 11) is 0. The Morgan fingerprint density at radius 3 is 2.93 bits per heavy atom. The third-order valence-corrected chi connectivity index (χ3v) is 1.86. The first-order chi connectivity index (χ1) is 6.63. The number of carboxylic acids is 1. The molecule has 5 nitrogen and oxygen atoms in total. The van der Waals surface area contributed by atoms with Crippen molar-refractivity contribution in [3.05, 3.63) is 17.5 Å². The Morgan fingerprint density at radius 1 is 1.71 bits per heavy atom. The van der Waals surface area contributed by atoms with Gasteiger partial charge < -0.3 is 9.84 Å². The van der Waals surface area contributed by atoms with Gasteiger partial charge >= 0.3 is 5.97 Å². The Balaban J connectivity index is 2.49. The van der Waals surface area contributed by atoms with Crippen LogP contribution in [-0.2, 0) is 22.7 Å². The molecule has 0 aromatic carbocycles. The van der Waals surface area contributed by atoms with Crippen molar-refractivity contribution in [1.29, 1.82) is 0 Å². The number of aromatic nitrogens is 2. The van der Waals surface area contributed by atoms with Crippen LogP contribution in [0.2, 0.25) is 0 Å². The van der Waals surface area contributed by atoms with Crippen molar-refractivity contribution in [3.8, 4) is 0 Å². The second-order valence-electron chi connectivity index (χ2n) is 2.98. The SMILES string of the molecule is CCn1cc(COCC(=O)O)c(C)n1. The molecule has 0 spiro atoms. The van der Waals surface area contributed by atoms with Gasteiger partial charge in [-0.05, 0) is 13.8 Å². The van der Waals surface area contributed by atoms with E-state index >= 15 is 0 Å². The summed E-state index contributed by atoms with van der Waals surface area (Å²) in [6.07, 6.45) is 1.87. The minimum Gasteiger partial charge on any atom is -0.480 e. The van der Waals surface area contributed by atoms with Gasteiger partial charge in [0.15, 0.2) is 0 Å². The zero-order valence-electron chi connectivity index (χ0n) is 8.36. The quantitative estimate of drug-likeness (QED) is 0.760. The maximum atomic E-state index is 10.2. The molecule has 1 heterocycles. The topological polar surface area (TPSA) is 64.3 Å². The number of hydrogen-bond donors (Lipinski definition) is 1. The lowest BCUT2D eigenvalue weighted by atomic mass is 10.3. The van der Waals surface area contributed by atoms with Crippen molar-refractivity contribution in [1.82, 2.24) is 9.78 Å². The molecule has 0 unspecified atom stereocenters. The lowest BCUT2D eigenvalue weighted by Gasteiger charge is -1.98. The van der Waals surface area contributed by atoms with Gasteiger partial charge in [-0.2, -0.15) is 5.10 Å². The fourth-order valence-electron chi connectivity index (χ4n) is 1.11. The van der Waals surface area contributed by atoms with Gasteiger partial charge in [-0.15, -0.1) is 0 Å². The van der Waals surface area contributed by atoms with Crippen LogP contribution >= 0.6 is 0 Å². The molecule has 1 aromatic rings. The molecule has 78 valence electrons. The molecule has 5 heteroatoms. The van der Waals surface area contributed by atoms with Crippen LogP contribution in [0.3, 0.4) is 0 Å². The molecule has 1 aromatic heterocycles. The maximum absolute atomic E-state index is 10.2. The van der Waals surface area contributed by atoms with Crippen LogP contribution in [0.15, 0.2) is 6.20 Å². The average Bonchev–Trinajstić information content (AvgIpc) is 2.47. The van der Waals surface area contributed by atoms with E-state index in [0.29, 0.717) is 6.61 Å². The zero-order valence-corrected chi connectivity index (χ0v) is 8.36. The van der Waals surface area contributed by atoms with Crippen molar-refractivity contribution in [2.24, 2.45) is 0 Å². The molecule has 0 amide bonds. The van der Waals surface area contributed by atoms with E-state index in [1.165, 1.54) is 0 Å². The minimum absolute atomic E-state index is 0.267. The number of carbonyl (C=O) groups is 1. The molecule has 0 saturated heterocycles. The van der Waals surface area contributed by atoms with Gasteiger partial charge in [-0.25, -0.2) is 4.79 Å². The number of rotatable bonds is 5. The number of nitrogens with zero attached hydrogens (tertiary/aromatic N) is 2. The molecule has 0 fully saturated rings. The monoisotopic (exact) mass is 198 g/mol. The summed E-state index contributed by atoms with van der Waals surface area (Å²) in [6.45, 7) is 4.72. The number of ether oxygens (including phenoxy) is 1. The molecule has 14 heavy (non-hydrogen) atoms. The molecule has 1 N–H and O–H groups in total. The first kappa shape index (κ1) is 10.7. The highest BCUT2D eigenvalue weighted by molar-refractivity contribution is 5.67. The van der Waals surface area contributed by atoms with E-state index in [0.717, 1.165) is 17.8 Å². The first-order valence-electron chi connectivity index (χ1n) is 4.46. The number of carboxylic acid groups (broad SMARTS) is 1. The standard InChI is InChI=1S/C9H14N2O3/c1-3-11-4-8(7(2)10-11)5-14-6-9(12)13/h4H,3,5-6H2,1-2H3,(H,12,13). The highest BCUT2D eigenvalue weighted by Crippen LogP contribution is 2.06. The van der Waals surface area contributed by atoms with Crippen LogP contribution in [-0.4, -0.2) is 27.5 Å². The van der Waals surface area contributed by atoms with Gasteiger partial charge in [-0.3, -0.25) is 4.68 Å². The first-order valence-corrected chi connectivity index (χ1v) is 4.46. The molecule has 0 aliphatic carbocycles. The van der Waals surface area contributed by atoms with Crippen LogP contribution in [0.1, 0.15) is 18.2 Å². The molecule has 0 saturated carbocycles. The number of hydrogen-bond acceptors (Lipinski definition) is 3. The zero-order chi connectivity index (χ0) is 10.6. The minimum atomic E-state index is -0.953. The predicted molar refractivity (Wildman–Crippen MR) is 49.9 cm³/mol. The molecule has 1 rings (SSSR count). The summed E-state index contributed by atoms with van der Waals surface area (Å²) in [4.78, 5) is 10.2. The Bertz CT molecular complexity index is 320. The van der Waals surface area contributed by atoms with Gasteiger partial charge in [0.1, 0.15) is 6.61 Å². The molecule has 0 aliphatic rings. The van der Waals surface area contributed by atoms with Crippen LogP contribution < -0.4 is 0 Å². The maximum Gasteiger partial charge on any atom is 0.329 e. The smallest absolute Gasteiger partial charge is 0.329 e. The van der Waals surface area contributed by atoms with Crippen LogP contribution in [0.4, 0.5) is 0 Å². The number of aliphatic carboxylic acids is 1. The fourth-order valence-corrected chi connectivity index (χ4v) is 1.11. The van der Waals surface area contributed by atoms with E-state index in [9.17, 15) is 4.79 Å². The Morgan fingerprint density at radius 2 is 2.43 bits per heavy atom. The lowest BCUT2D eigenvalue weighted by Crippen LogP contribution is -2.06. The van der Waals surface area contributed by atoms with Crippen LogP contribution in [0.5, 0.6) is 0 Å². The molecule has 0 atom stereocenters. The average molecular weight is 198 g/mol. The lowest BCUT2D eigenvalue weighted by molar-refractivity contribution is -0.142. The van der Waals surface area contributed by atoms with Gasteiger partial charge in [0.25, 0.3) is 0 Å².